The van der Waals surface area contributed by atoms with Gasteiger partial charge in [0.25, 0.3) is 5.91 Å². The maximum absolute atomic E-state index is 13.0. The molecule has 32 heavy (non-hydrogen) atoms. The largest absolute Gasteiger partial charge is 0.318 e. The van der Waals surface area contributed by atoms with Crippen LogP contribution in [0.2, 0.25) is 0 Å². The average Bonchev–Trinajstić information content (AvgIpc) is 3.20. The van der Waals surface area contributed by atoms with Crippen LogP contribution in [0.1, 0.15) is 40.6 Å². The van der Waals surface area contributed by atoms with Crippen molar-refractivity contribution in [1.82, 2.24) is 9.47 Å². The second kappa shape index (κ2) is 8.83. The van der Waals surface area contributed by atoms with Crippen LogP contribution in [0.25, 0.3) is 11.8 Å². The van der Waals surface area contributed by atoms with E-state index in [2.05, 4.69) is 81.7 Å². The van der Waals surface area contributed by atoms with Crippen molar-refractivity contribution < 1.29 is 4.79 Å². The lowest BCUT2D eigenvalue weighted by Gasteiger charge is -2.14. The van der Waals surface area contributed by atoms with Gasteiger partial charge in [-0.05, 0) is 98.5 Å². The number of amidine groups is 1. The number of aryl methyl sites for hydroxylation is 4. The quantitative estimate of drug-likeness (QED) is 0.431. The summed E-state index contributed by atoms with van der Waals surface area (Å²) in [6.45, 7) is 10.6. The molecular formula is C27H29N3OS. The summed E-state index contributed by atoms with van der Waals surface area (Å²) in [5.74, 6) is -0.0173. The molecule has 0 spiro atoms. The SMILES string of the molecule is CCc1ccccc1-n1c(C)cc(/C=C2\SC(=Nc3ccc(C)c(C)c3)N(C)C2=O)c1C. The maximum atomic E-state index is 13.0. The third-order valence-corrected chi connectivity index (χ3v) is 7.15. The van der Waals surface area contributed by atoms with Crippen molar-refractivity contribution >= 4 is 34.6 Å². The molecule has 0 unspecified atom stereocenters. The summed E-state index contributed by atoms with van der Waals surface area (Å²) in [7, 11) is 1.79. The second-order valence-corrected chi connectivity index (χ2v) is 9.29. The summed E-state index contributed by atoms with van der Waals surface area (Å²) in [4.78, 5) is 20.0. The zero-order valence-corrected chi connectivity index (χ0v) is 20.4. The highest BCUT2D eigenvalue weighted by Gasteiger charge is 2.30. The molecule has 3 aromatic rings. The Kier molecular flexibility index (Phi) is 6.11. The Balaban J connectivity index is 1.69. The zero-order valence-electron chi connectivity index (χ0n) is 19.6. The van der Waals surface area contributed by atoms with E-state index in [-0.39, 0.29) is 5.91 Å². The summed E-state index contributed by atoms with van der Waals surface area (Å²) in [5, 5.41) is 0.703. The Morgan fingerprint density at radius 2 is 1.75 bits per heavy atom. The smallest absolute Gasteiger partial charge is 0.266 e. The molecule has 4 rings (SSSR count). The van der Waals surface area contributed by atoms with Gasteiger partial charge in [-0.3, -0.25) is 9.69 Å². The third-order valence-electron chi connectivity index (χ3n) is 6.09. The van der Waals surface area contributed by atoms with Crippen LogP contribution in [0.4, 0.5) is 5.69 Å². The van der Waals surface area contributed by atoms with E-state index in [4.69, 9.17) is 4.99 Å². The van der Waals surface area contributed by atoms with Crippen LogP contribution < -0.4 is 0 Å². The number of amides is 1. The van der Waals surface area contributed by atoms with E-state index >= 15 is 0 Å². The molecule has 4 nitrogen and oxygen atoms in total. The van der Waals surface area contributed by atoms with Crippen LogP contribution in [-0.2, 0) is 11.2 Å². The second-order valence-electron chi connectivity index (χ2n) is 8.28. The molecule has 2 aromatic carbocycles. The number of hydrogen-bond acceptors (Lipinski definition) is 3. The van der Waals surface area contributed by atoms with Gasteiger partial charge in [0.15, 0.2) is 5.17 Å². The molecule has 5 heteroatoms. The monoisotopic (exact) mass is 443 g/mol. The van der Waals surface area contributed by atoms with Gasteiger partial charge >= 0.3 is 0 Å². The number of para-hydroxylation sites is 1. The standard InChI is InChI=1S/C27H29N3OS/c1-7-21-10-8-9-11-24(21)30-19(4)15-22(20(30)5)16-25-26(31)29(6)27(32-25)28-23-13-12-17(2)18(3)14-23/h8-16H,7H2,1-6H3/b25-16-,28-27?. The van der Waals surface area contributed by atoms with Crippen molar-refractivity contribution in [2.45, 2.75) is 41.0 Å². The minimum absolute atomic E-state index is 0.0173. The Morgan fingerprint density at radius 3 is 2.47 bits per heavy atom. The summed E-state index contributed by atoms with van der Waals surface area (Å²) in [5.41, 5.74) is 9.15. The number of nitrogens with zero attached hydrogens (tertiary/aromatic N) is 3. The fourth-order valence-electron chi connectivity index (χ4n) is 4.03. The highest BCUT2D eigenvalue weighted by atomic mass is 32.2. The molecule has 1 fully saturated rings. The van der Waals surface area contributed by atoms with Gasteiger partial charge in [-0.15, -0.1) is 0 Å². The molecule has 1 aromatic heterocycles. The first kappa shape index (κ1) is 22.2. The number of aromatic nitrogens is 1. The molecule has 164 valence electrons. The van der Waals surface area contributed by atoms with Gasteiger partial charge in [-0.2, -0.15) is 0 Å². The van der Waals surface area contributed by atoms with Crippen molar-refractivity contribution in [3.63, 3.8) is 0 Å². The predicted molar refractivity (Wildman–Crippen MR) is 136 cm³/mol. The van der Waals surface area contributed by atoms with E-state index in [1.165, 1.54) is 34.1 Å². The van der Waals surface area contributed by atoms with Crippen LogP contribution in [0.5, 0.6) is 0 Å². The van der Waals surface area contributed by atoms with Crippen LogP contribution >= 0.6 is 11.8 Å². The molecule has 1 aliphatic heterocycles. The van der Waals surface area contributed by atoms with Gasteiger partial charge in [0.2, 0.25) is 0 Å². The summed E-state index contributed by atoms with van der Waals surface area (Å²) in [6, 6.07) is 16.8. The summed E-state index contributed by atoms with van der Waals surface area (Å²) < 4.78 is 2.28. The van der Waals surface area contributed by atoms with Crippen LogP contribution in [0, 0.1) is 27.7 Å². The first-order valence-electron chi connectivity index (χ1n) is 10.9. The summed E-state index contributed by atoms with van der Waals surface area (Å²) >= 11 is 1.43. The topological polar surface area (TPSA) is 37.6 Å². The molecule has 1 aliphatic rings. The average molecular weight is 444 g/mol. The van der Waals surface area contributed by atoms with Gasteiger partial charge in [0, 0.05) is 24.1 Å². The number of aliphatic imine (C=N–C) groups is 1. The fourth-order valence-corrected chi connectivity index (χ4v) is 5.01. The molecule has 1 saturated heterocycles. The number of hydrogen-bond donors (Lipinski definition) is 0. The Morgan fingerprint density at radius 1 is 1.00 bits per heavy atom. The maximum Gasteiger partial charge on any atom is 0.266 e. The van der Waals surface area contributed by atoms with Crippen LogP contribution in [-0.4, -0.2) is 27.6 Å². The van der Waals surface area contributed by atoms with Gasteiger partial charge in [0.05, 0.1) is 10.6 Å². The molecule has 0 atom stereocenters. The van der Waals surface area contributed by atoms with Crippen molar-refractivity contribution in [3.05, 3.63) is 87.1 Å². The van der Waals surface area contributed by atoms with Gasteiger partial charge in [-0.1, -0.05) is 31.2 Å². The van der Waals surface area contributed by atoms with Crippen LogP contribution in [0.15, 0.2) is 58.4 Å². The van der Waals surface area contributed by atoms with Crippen molar-refractivity contribution in [3.8, 4) is 5.69 Å². The summed E-state index contributed by atoms with van der Waals surface area (Å²) in [6.07, 6.45) is 2.97. The molecule has 0 saturated carbocycles. The fraction of sp³-hybridized carbons (Fsp3) is 0.259. The Bertz CT molecular complexity index is 1270. The normalized spacial score (nSPS) is 16.6. The number of carbonyl (C=O) groups excluding carboxylic acids is 1. The minimum Gasteiger partial charge on any atom is -0.318 e. The van der Waals surface area contributed by atoms with Gasteiger partial charge in [0.1, 0.15) is 0 Å². The highest BCUT2D eigenvalue weighted by Crippen LogP contribution is 2.35. The van der Waals surface area contributed by atoms with E-state index in [1.807, 2.05) is 12.1 Å². The molecule has 2 heterocycles. The molecule has 1 amide bonds. The highest BCUT2D eigenvalue weighted by molar-refractivity contribution is 8.18. The molecule has 0 radical (unpaired) electrons. The number of thioether (sulfide) groups is 1. The van der Waals surface area contributed by atoms with E-state index < -0.39 is 0 Å². The predicted octanol–water partition coefficient (Wildman–Crippen LogP) is 6.51. The van der Waals surface area contributed by atoms with E-state index in [1.54, 1.807) is 11.9 Å². The van der Waals surface area contributed by atoms with Crippen molar-refractivity contribution in [1.29, 1.82) is 0 Å². The molecule has 0 bridgehead atoms. The number of likely N-dealkylation sites (N-methyl/N-ethyl adjacent to an activating group) is 1. The lowest BCUT2D eigenvalue weighted by molar-refractivity contribution is -0.121. The van der Waals surface area contributed by atoms with Crippen molar-refractivity contribution in [2.75, 3.05) is 7.05 Å². The Labute approximate surface area is 194 Å². The molecule has 0 aliphatic carbocycles. The molecule has 0 N–H and O–H groups in total. The number of benzene rings is 2. The Hall–Kier alpha value is -3.05. The lowest BCUT2D eigenvalue weighted by atomic mass is 10.1. The zero-order chi connectivity index (χ0) is 23.0. The van der Waals surface area contributed by atoms with Gasteiger partial charge in [-0.25, -0.2) is 4.99 Å². The number of rotatable bonds is 4. The van der Waals surface area contributed by atoms with Gasteiger partial charge < -0.3 is 4.57 Å². The van der Waals surface area contributed by atoms with Crippen molar-refractivity contribution in [2.24, 2.45) is 4.99 Å². The molecular weight excluding hydrogens is 414 g/mol. The third kappa shape index (κ3) is 4.05. The number of carbonyl (C=O) groups is 1. The first-order chi connectivity index (χ1) is 15.3. The van der Waals surface area contributed by atoms with E-state index in [9.17, 15) is 4.79 Å². The first-order valence-corrected chi connectivity index (χ1v) is 11.7. The van der Waals surface area contributed by atoms with E-state index in [0.29, 0.717) is 10.1 Å². The van der Waals surface area contributed by atoms with Crippen LogP contribution in [0.3, 0.4) is 0 Å². The lowest BCUT2D eigenvalue weighted by Crippen LogP contribution is -2.23. The minimum atomic E-state index is -0.0173. The van der Waals surface area contributed by atoms with E-state index in [0.717, 1.165) is 29.1 Å².